The number of carboxylic acid groups (broad SMARTS) is 2. The summed E-state index contributed by atoms with van der Waals surface area (Å²) in [6.07, 6.45) is -2.08. The Kier molecular flexibility index (Phi) is 20.9. The molecule has 11 heteroatoms. The van der Waals surface area contributed by atoms with E-state index in [9.17, 15) is 0 Å². The van der Waals surface area contributed by atoms with Gasteiger partial charge >= 0.3 is 29.6 Å². The van der Waals surface area contributed by atoms with E-state index in [2.05, 4.69) is 4.33 Å². The first-order chi connectivity index (χ1) is 4.29. The van der Waals surface area contributed by atoms with Crippen LogP contribution < -0.4 is 40.8 Å². The molecule has 0 saturated heterocycles. The average molecular weight is 215 g/mol. The van der Waals surface area contributed by atoms with Crippen molar-refractivity contribution >= 4 is 16.6 Å². The van der Waals surface area contributed by atoms with Crippen LogP contribution in [-0.2, 0) is 14.7 Å². The van der Waals surface area contributed by atoms with Gasteiger partial charge in [-0.1, -0.05) is 0 Å². The Labute approximate surface area is 89.7 Å². The van der Waals surface area contributed by atoms with Gasteiger partial charge in [-0.25, -0.2) is 13.7 Å². The van der Waals surface area contributed by atoms with E-state index in [4.69, 9.17) is 33.2 Å². The molecule has 0 aliphatic heterocycles. The van der Waals surface area contributed by atoms with Crippen LogP contribution in [0, 0.1) is 0 Å². The Hall–Kier alpha value is 0.0600. The third-order valence-corrected chi connectivity index (χ3v) is 0.274. The summed E-state index contributed by atoms with van der Waals surface area (Å²) >= 11 is 0. The van der Waals surface area contributed by atoms with Gasteiger partial charge in [-0.2, -0.15) is 0 Å². The van der Waals surface area contributed by atoms with E-state index in [0.29, 0.717) is 0 Å². The predicted octanol–water partition coefficient (Wildman–Crippen LogP) is -4.80. The van der Waals surface area contributed by atoms with Crippen molar-refractivity contribution < 1.29 is 67.1 Å². The van der Waals surface area contributed by atoms with E-state index in [1.807, 2.05) is 0 Å². The molecule has 0 bridgehead atoms. The molecule has 0 aromatic heterocycles. The van der Waals surface area contributed by atoms with Gasteiger partial charge < -0.3 is 25.7 Å². The molecule has 9 nitrogen and oxygen atoms in total. The first-order valence-corrected chi connectivity index (χ1v) is 2.81. The fourth-order valence-electron chi connectivity index (χ4n) is 0. The first-order valence-electron chi connectivity index (χ1n) is 1.48. The van der Waals surface area contributed by atoms with E-state index >= 15 is 0 Å². The number of carbonyl (C=O) groups is 1. The topological polar surface area (TPSA) is 184 Å². The van der Waals surface area contributed by atoms with Crippen molar-refractivity contribution in [2.45, 2.75) is 0 Å². The van der Waals surface area contributed by atoms with E-state index in [-0.39, 0.29) is 35.7 Å². The summed E-state index contributed by atoms with van der Waals surface area (Å²) in [4.78, 5) is 8.44. The maximum Gasteiger partial charge on any atom is 1.00 e. The van der Waals surface area contributed by atoms with E-state index < -0.39 is 16.6 Å². The van der Waals surface area contributed by atoms with Crippen molar-refractivity contribution in [3.8, 4) is 0 Å². The van der Waals surface area contributed by atoms with Crippen LogP contribution in [0.1, 0.15) is 0 Å². The zero-order valence-electron chi connectivity index (χ0n) is 6.25. The Morgan fingerprint density at radius 1 is 1.42 bits per heavy atom. The zero-order chi connectivity index (χ0) is 8.78. The summed E-state index contributed by atoms with van der Waals surface area (Å²) in [5.41, 5.74) is 0. The van der Waals surface area contributed by atoms with Crippen LogP contribution in [0.25, 0.3) is 0 Å². The molecule has 0 unspecified atom stereocenters. The fraction of sp³-hybridized carbons (Fsp3) is 0. The molecule has 0 atom stereocenters. The molecule has 0 fully saturated rings. The first kappa shape index (κ1) is 22.7. The van der Waals surface area contributed by atoms with Gasteiger partial charge in [0, 0.05) is 0 Å². The van der Waals surface area contributed by atoms with E-state index in [1.54, 1.807) is 0 Å². The van der Waals surface area contributed by atoms with E-state index in [0.717, 1.165) is 0 Å². The Balaban J connectivity index is -0.0000000483. The van der Waals surface area contributed by atoms with Gasteiger partial charge in [0.1, 0.15) is 0 Å². The van der Waals surface area contributed by atoms with Crippen molar-refractivity contribution in [1.29, 1.82) is 0 Å². The molecule has 0 aliphatic rings. The maximum absolute atomic E-state index is 8.97. The summed E-state index contributed by atoms with van der Waals surface area (Å²) in [6, 6.07) is 0. The number of hydrogen-bond acceptors (Lipinski definition) is 7. The predicted molar refractivity (Wildman–Crippen MR) is 27.4 cm³/mol. The van der Waals surface area contributed by atoms with Crippen molar-refractivity contribution in [1.82, 2.24) is 6.15 Å². The molecular formula is CH6NNaO8S. The molecule has 0 amide bonds. The Bertz CT molecular complexity index is 181. The molecule has 70 valence electrons. The number of quaternary nitrogens is 1. The minimum Gasteiger partial charge on any atom is -0.724 e. The minimum absolute atomic E-state index is 0. The molecule has 0 saturated carbocycles. The SMILES string of the molecule is O=C([O-])O.O=S(=O)([O-])OO.[NH4+].[Na+]. The monoisotopic (exact) mass is 215 g/mol. The van der Waals surface area contributed by atoms with Crippen LogP contribution in [0.3, 0.4) is 0 Å². The molecule has 0 rings (SSSR count). The second kappa shape index (κ2) is 11.1. The summed E-state index contributed by atoms with van der Waals surface area (Å²) in [7, 11) is -4.86. The van der Waals surface area contributed by atoms with Gasteiger partial charge in [-0.3, -0.25) is 0 Å². The summed E-state index contributed by atoms with van der Waals surface area (Å²) in [6.45, 7) is 0. The van der Waals surface area contributed by atoms with Crippen molar-refractivity contribution in [3.63, 3.8) is 0 Å². The quantitative estimate of drug-likeness (QED) is 0.128. The zero-order valence-corrected chi connectivity index (χ0v) is 9.07. The van der Waals surface area contributed by atoms with Crippen molar-refractivity contribution in [2.75, 3.05) is 0 Å². The fourth-order valence-corrected chi connectivity index (χ4v) is 0. The van der Waals surface area contributed by atoms with Crippen molar-refractivity contribution in [2.24, 2.45) is 0 Å². The largest absolute Gasteiger partial charge is 1.00 e. The van der Waals surface area contributed by atoms with Gasteiger partial charge in [-0.15, -0.1) is 4.33 Å². The summed E-state index contributed by atoms with van der Waals surface area (Å²) < 4.78 is 29.3. The molecule has 0 heterocycles. The smallest absolute Gasteiger partial charge is 0.724 e. The molecule has 0 aliphatic carbocycles. The number of hydrogen-bond donors (Lipinski definition) is 3. The van der Waals surface area contributed by atoms with Gasteiger partial charge in [0.15, 0.2) is 0 Å². The Morgan fingerprint density at radius 3 is 1.50 bits per heavy atom. The molecule has 0 aromatic carbocycles. The third kappa shape index (κ3) is 88.2. The minimum atomic E-state index is -4.86. The average Bonchev–Trinajstić information content (AvgIpc) is 1.63. The van der Waals surface area contributed by atoms with Crippen LogP contribution in [0.15, 0.2) is 0 Å². The van der Waals surface area contributed by atoms with Gasteiger partial charge in [0.05, 0.1) is 0 Å². The molecule has 0 aromatic rings. The summed E-state index contributed by atoms with van der Waals surface area (Å²) in [5, 5.41) is 22.3. The van der Waals surface area contributed by atoms with E-state index in [1.165, 1.54) is 0 Å². The molecular weight excluding hydrogens is 209 g/mol. The normalized spacial score (nSPS) is 7.83. The number of rotatable bonds is 1. The van der Waals surface area contributed by atoms with Crippen LogP contribution in [0.4, 0.5) is 4.79 Å². The second-order valence-corrected chi connectivity index (χ2v) is 1.71. The molecule has 0 spiro atoms. The second-order valence-electron chi connectivity index (χ2n) is 0.749. The van der Waals surface area contributed by atoms with Crippen molar-refractivity contribution in [3.05, 3.63) is 0 Å². The summed E-state index contributed by atoms with van der Waals surface area (Å²) in [5.74, 6) is 0. The molecule has 12 heavy (non-hydrogen) atoms. The van der Waals surface area contributed by atoms with Gasteiger partial charge in [-0.05, 0) is 0 Å². The molecule has 0 radical (unpaired) electrons. The maximum atomic E-state index is 8.97. The van der Waals surface area contributed by atoms with Gasteiger partial charge in [0.2, 0.25) is 16.6 Å². The Morgan fingerprint density at radius 2 is 1.50 bits per heavy atom. The van der Waals surface area contributed by atoms with Crippen LogP contribution >= 0.6 is 0 Å². The van der Waals surface area contributed by atoms with Crippen LogP contribution in [0.5, 0.6) is 0 Å². The van der Waals surface area contributed by atoms with Gasteiger partial charge in [0.25, 0.3) is 0 Å². The molecule has 6 N–H and O–H groups in total. The van der Waals surface area contributed by atoms with Crippen LogP contribution in [-0.4, -0.2) is 29.5 Å². The standard InChI is InChI=1S/CH2O3.H3N.Na.H2O5S/c2-1(3)4;;;1-5-6(2,3)4/h(H2,2,3,4);1H3;;1H,(H,2,3,4)/q;;+1;/p-1. The van der Waals surface area contributed by atoms with Crippen LogP contribution in [0.2, 0.25) is 0 Å². The third-order valence-electron chi connectivity index (χ3n) is 0.0913.